The van der Waals surface area contributed by atoms with Gasteiger partial charge < -0.3 is 10.8 Å². The van der Waals surface area contributed by atoms with Gasteiger partial charge in [0.05, 0.1) is 5.69 Å². The van der Waals surface area contributed by atoms with Crippen molar-refractivity contribution in [1.29, 1.82) is 0 Å². The third-order valence-electron chi connectivity index (χ3n) is 3.73. The average molecular weight is 253 g/mol. The number of nitrogen functional groups attached to an aromatic ring is 1. The van der Waals surface area contributed by atoms with Crippen molar-refractivity contribution in [2.75, 3.05) is 5.73 Å². The molecule has 4 heteroatoms. The fourth-order valence-corrected chi connectivity index (χ4v) is 3.70. The molecule has 2 rings (SSSR count). The summed E-state index contributed by atoms with van der Waals surface area (Å²) in [6.07, 6.45) is 3.00. The van der Waals surface area contributed by atoms with Crippen LogP contribution in [0, 0.1) is 11.3 Å². The molecule has 0 bridgehead atoms. The first-order valence-corrected chi connectivity index (χ1v) is 6.75. The average Bonchev–Trinajstić information content (AvgIpc) is 2.54. The van der Waals surface area contributed by atoms with Crippen LogP contribution in [0.25, 0.3) is 0 Å². The third-order valence-corrected chi connectivity index (χ3v) is 4.98. The summed E-state index contributed by atoms with van der Waals surface area (Å²) in [5.74, 6) is -0.274. The molecule has 1 aliphatic carbocycles. The van der Waals surface area contributed by atoms with E-state index < -0.39 is 5.97 Å². The molecule has 1 aromatic rings. The SMILES string of the molecule is CC(C)(C)C1CCc2c(sc(C(=O)O)c2N)C1. The van der Waals surface area contributed by atoms with Gasteiger partial charge in [-0.3, -0.25) is 0 Å². The van der Waals surface area contributed by atoms with Crippen LogP contribution >= 0.6 is 11.3 Å². The quantitative estimate of drug-likeness (QED) is 0.808. The van der Waals surface area contributed by atoms with Gasteiger partial charge in [0.15, 0.2) is 0 Å². The van der Waals surface area contributed by atoms with E-state index in [1.54, 1.807) is 0 Å². The van der Waals surface area contributed by atoms with E-state index in [1.165, 1.54) is 16.2 Å². The van der Waals surface area contributed by atoms with Gasteiger partial charge in [0, 0.05) is 4.88 Å². The van der Waals surface area contributed by atoms with Gasteiger partial charge in [-0.2, -0.15) is 0 Å². The van der Waals surface area contributed by atoms with Crippen LogP contribution in [-0.2, 0) is 12.8 Å². The molecule has 1 aliphatic rings. The number of rotatable bonds is 1. The summed E-state index contributed by atoms with van der Waals surface area (Å²) in [5, 5.41) is 9.07. The molecule has 1 heterocycles. The Balaban J connectivity index is 2.34. The summed E-state index contributed by atoms with van der Waals surface area (Å²) in [5.41, 5.74) is 7.78. The zero-order valence-electron chi connectivity index (χ0n) is 10.5. The molecule has 0 spiro atoms. The molecule has 3 N–H and O–H groups in total. The van der Waals surface area contributed by atoms with Crippen LogP contribution in [0.15, 0.2) is 0 Å². The molecule has 1 unspecified atom stereocenters. The predicted octanol–water partition coefficient (Wildman–Crippen LogP) is 3.18. The molecule has 1 aromatic heterocycles. The molecule has 3 nitrogen and oxygen atoms in total. The lowest BCUT2D eigenvalue weighted by molar-refractivity contribution is 0.0703. The smallest absolute Gasteiger partial charge is 0.348 e. The minimum absolute atomic E-state index is 0.278. The number of carboxylic acids is 1. The Morgan fingerprint density at radius 1 is 1.47 bits per heavy atom. The number of hydrogen-bond acceptors (Lipinski definition) is 3. The van der Waals surface area contributed by atoms with Crippen molar-refractivity contribution >= 4 is 23.0 Å². The van der Waals surface area contributed by atoms with Gasteiger partial charge in [-0.15, -0.1) is 11.3 Å². The van der Waals surface area contributed by atoms with Crippen molar-refractivity contribution in [1.82, 2.24) is 0 Å². The maximum Gasteiger partial charge on any atom is 0.348 e. The fraction of sp³-hybridized carbons (Fsp3) is 0.615. The van der Waals surface area contributed by atoms with Crippen molar-refractivity contribution in [3.05, 3.63) is 15.3 Å². The standard InChI is InChI=1S/C13H19NO2S/c1-13(2,3)7-4-5-8-9(6-7)17-11(10(8)14)12(15)16/h7H,4-6,14H2,1-3H3,(H,15,16). The summed E-state index contributed by atoms with van der Waals surface area (Å²) in [6, 6.07) is 0. The summed E-state index contributed by atoms with van der Waals surface area (Å²) in [4.78, 5) is 12.6. The molecule has 0 aromatic carbocycles. The second-order valence-electron chi connectivity index (χ2n) is 5.86. The first kappa shape index (κ1) is 12.4. The highest BCUT2D eigenvalue weighted by Crippen LogP contribution is 2.43. The zero-order valence-corrected chi connectivity index (χ0v) is 11.4. The number of carboxylic acid groups (broad SMARTS) is 1. The Labute approximate surface area is 106 Å². The molecular weight excluding hydrogens is 234 g/mol. The van der Waals surface area contributed by atoms with E-state index in [0.29, 0.717) is 16.5 Å². The fourth-order valence-electron chi connectivity index (χ4n) is 2.51. The van der Waals surface area contributed by atoms with E-state index >= 15 is 0 Å². The Morgan fingerprint density at radius 3 is 2.65 bits per heavy atom. The minimum atomic E-state index is -0.894. The van der Waals surface area contributed by atoms with Crippen molar-refractivity contribution in [2.45, 2.75) is 40.0 Å². The maximum absolute atomic E-state index is 11.0. The van der Waals surface area contributed by atoms with Crippen LogP contribution in [0.5, 0.6) is 0 Å². The topological polar surface area (TPSA) is 63.3 Å². The van der Waals surface area contributed by atoms with E-state index in [2.05, 4.69) is 20.8 Å². The van der Waals surface area contributed by atoms with Crippen LogP contribution in [0.1, 0.15) is 47.3 Å². The number of fused-ring (bicyclic) bond motifs is 1. The molecule has 0 fully saturated rings. The minimum Gasteiger partial charge on any atom is -0.477 e. The molecule has 1 atom stereocenters. The van der Waals surface area contributed by atoms with Gasteiger partial charge in [-0.25, -0.2) is 4.79 Å². The van der Waals surface area contributed by atoms with Gasteiger partial charge in [0.25, 0.3) is 0 Å². The van der Waals surface area contributed by atoms with Gasteiger partial charge in [0.1, 0.15) is 4.88 Å². The summed E-state index contributed by atoms with van der Waals surface area (Å²) < 4.78 is 0. The molecule has 94 valence electrons. The van der Waals surface area contributed by atoms with Crippen LogP contribution in [0.2, 0.25) is 0 Å². The van der Waals surface area contributed by atoms with Crippen LogP contribution in [0.4, 0.5) is 5.69 Å². The van der Waals surface area contributed by atoms with E-state index in [0.717, 1.165) is 24.8 Å². The Bertz CT molecular complexity index is 457. The molecule has 17 heavy (non-hydrogen) atoms. The largest absolute Gasteiger partial charge is 0.477 e. The zero-order chi connectivity index (χ0) is 12.8. The van der Waals surface area contributed by atoms with E-state index in [1.807, 2.05) is 0 Å². The molecule has 0 radical (unpaired) electrons. The van der Waals surface area contributed by atoms with E-state index in [4.69, 9.17) is 10.8 Å². The highest BCUT2D eigenvalue weighted by molar-refractivity contribution is 7.14. The normalized spacial score (nSPS) is 20.1. The summed E-state index contributed by atoms with van der Waals surface area (Å²) in [7, 11) is 0. The highest BCUT2D eigenvalue weighted by Gasteiger charge is 2.32. The number of nitrogens with two attached hydrogens (primary N) is 1. The Kier molecular flexibility index (Phi) is 2.94. The van der Waals surface area contributed by atoms with Crippen molar-refractivity contribution in [3.8, 4) is 0 Å². The van der Waals surface area contributed by atoms with Crippen LogP contribution in [0.3, 0.4) is 0 Å². The highest BCUT2D eigenvalue weighted by atomic mass is 32.1. The molecule has 0 amide bonds. The lowest BCUT2D eigenvalue weighted by atomic mass is 9.72. The van der Waals surface area contributed by atoms with Crippen molar-refractivity contribution in [2.24, 2.45) is 11.3 Å². The van der Waals surface area contributed by atoms with E-state index in [9.17, 15) is 4.79 Å². The monoisotopic (exact) mass is 253 g/mol. The first-order chi connectivity index (χ1) is 7.80. The lowest BCUT2D eigenvalue weighted by Gasteiger charge is -2.33. The predicted molar refractivity (Wildman–Crippen MR) is 70.7 cm³/mol. The number of thiophene rings is 1. The van der Waals surface area contributed by atoms with E-state index in [-0.39, 0.29) is 5.41 Å². The van der Waals surface area contributed by atoms with Crippen LogP contribution in [-0.4, -0.2) is 11.1 Å². The molecule has 0 aliphatic heterocycles. The number of hydrogen-bond donors (Lipinski definition) is 2. The van der Waals surface area contributed by atoms with Crippen molar-refractivity contribution < 1.29 is 9.90 Å². The summed E-state index contributed by atoms with van der Waals surface area (Å²) in [6.45, 7) is 6.74. The summed E-state index contributed by atoms with van der Waals surface area (Å²) >= 11 is 1.37. The maximum atomic E-state index is 11.0. The molecule has 0 saturated carbocycles. The first-order valence-electron chi connectivity index (χ1n) is 5.94. The van der Waals surface area contributed by atoms with Gasteiger partial charge in [-0.05, 0) is 36.2 Å². The van der Waals surface area contributed by atoms with Crippen LogP contribution < -0.4 is 5.73 Å². The second kappa shape index (κ2) is 4.02. The second-order valence-corrected chi connectivity index (χ2v) is 6.96. The number of anilines is 1. The van der Waals surface area contributed by atoms with Gasteiger partial charge in [-0.1, -0.05) is 20.8 Å². The Morgan fingerprint density at radius 2 is 2.12 bits per heavy atom. The Hall–Kier alpha value is -1.03. The third kappa shape index (κ3) is 2.18. The van der Waals surface area contributed by atoms with Crippen molar-refractivity contribution in [3.63, 3.8) is 0 Å². The van der Waals surface area contributed by atoms with Gasteiger partial charge >= 0.3 is 5.97 Å². The number of carbonyl (C=O) groups is 1. The number of aromatic carboxylic acids is 1. The molecule has 0 saturated heterocycles. The molecular formula is C13H19NO2S. The lowest BCUT2D eigenvalue weighted by Crippen LogP contribution is -2.26. The van der Waals surface area contributed by atoms with Gasteiger partial charge in [0.2, 0.25) is 0 Å².